The molecule has 1 aliphatic heterocycles. The van der Waals surface area contributed by atoms with Gasteiger partial charge < -0.3 is 10.2 Å². The van der Waals surface area contributed by atoms with Crippen LogP contribution in [0.5, 0.6) is 0 Å². The van der Waals surface area contributed by atoms with E-state index in [4.69, 9.17) is 0 Å². The zero-order valence-corrected chi connectivity index (χ0v) is 8.18. The molecule has 1 amide bonds. The van der Waals surface area contributed by atoms with Crippen molar-refractivity contribution in [1.82, 2.24) is 10.2 Å². The van der Waals surface area contributed by atoms with Gasteiger partial charge in [0.05, 0.1) is 0 Å². The van der Waals surface area contributed by atoms with E-state index in [1.54, 1.807) is 0 Å². The van der Waals surface area contributed by atoms with E-state index in [1.165, 1.54) is 0 Å². The summed E-state index contributed by atoms with van der Waals surface area (Å²) in [5.74, 6) is 0.268. The molecular formula is C9H18N2O. The molecule has 0 aliphatic carbocycles. The van der Waals surface area contributed by atoms with E-state index in [2.05, 4.69) is 19.2 Å². The number of nitrogens with one attached hydrogen (secondary N) is 1. The highest BCUT2D eigenvalue weighted by molar-refractivity contribution is 5.76. The lowest BCUT2D eigenvalue weighted by Crippen LogP contribution is -2.58. The predicted octanol–water partition coefficient (Wildman–Crippen LogP) is 0.607. The number of piperazine rings is 1. The summed E-state index contributed by atoms with van der Waals surface area (Å²) in [4.78, 5) is 13.3. The minimum Gasteiger partial charge on any atom is -0.340 e. The molecule has 3 nitrogen and oxygen atoms in total. The van der Waals surface area contributed by atoms with Gasteiger partial charge in [-0.05, 0) is 13.8 Å². The SMILES string of the molecule is CCC(=O)N1CCNC(C)(C)C1. The van der Waals surface area contributed by atoms with Crippen molar-refractivity contribution in [2.75, 3.05) is 19.6 Å². The fourth-order valence-electron chi connectivity index (χ4n) is 1.58. The van der Waals surface area contributed by atoms with Gasteiger partial charge in [0.2, 0.25) is 5.91 Å². The van der Waals surface area contributed by atoms with Crippen LogP contribution in [-0.4, -0.2) is 36.0 Å². The Morgan fingerprint density at radius 1 is 1.58 bits per heavy atom. The van der Waals surface area contributed by atoms with E-state index in [0.29, 0.717) is 6.42 Å². The van der Waals surface area contributed by atoms with Gasteiger partial charge in [-0.3, -0.25) is 4.79 Å². The Hall–Kier alpha value is -0.570. The van der Waals surface area contributed by atoms with Crippen molar-refractivity contribution in [2.45, 2.75) is 32.7 Å². The highest BCUT2D eigenvalue weighted by Gasteiger charge is 2.27. The Kier molecular flexibility index (Phi) is 2.73. The molecule has 0 aromatic carbocycles. The largest absolute Gasteiger partial charge is 0.340 e. The lowest BCUT2D eigenvalue weighted by Gasteiger charge is -2.39. The average Bonchev–Trinajstić information content (AvgIpc) is 2.01. The molecule has 1 saturated heterocycles. The van der Waals surface area contributed by atoms with Gasteiger partial charge in [0.1, 0.15) is 0 Å². The van der Waals surface area contributed by atoms with Crippen LogP contribution in [0.3, 0.4) is 0 Å². The molecule has 12 heavy (non-hydrogen) atoms. The van der Waals surface area contributed by atoms with Crippen molar-refractivity contribution in [3.63, 3.8) is 0 Å². The van der Waals surface area contributed by atoms with E-state index in [0.717, 1.165) is 19.6 Å². The monoisotopic (exact) mass is 170 g/mol. The molecule has 1 heterocycles. The van der Waals surface area contributed by atoms with Crippen molar-refractivity contribution in [2.24, 2.45) is 0 Å². The first-order valence-electron chi connectivity index (χ1n) is 4.58. The Morgan fingerprint density at radius 2 is 2.25 bits per heavy atom. The van der Waals surface area contributed by atoms with Crippen LogP contribution < -0.4 is 5.32 Å². The zero-order chi connectivity index (χ0) is 9.19. The molecule has 1 fully saturated rings. The summed E-state index contributed by atoms with van der Waals surface area (Å²) in [5.41, 5.74) is 0.0864. The van der Waals surface area contributed by atoms with E-state index >= 15 is 0 Å². The van der Waals surface area contributed by atoms with E-state index in [9.17, 15) is 4.79 Å². The molecule has 70 valence electrons. The van der Waals surface area contributed by atoms with Gasteiger partial charge in [-0.2, -0.15) is 0 Å². The number of carbonyl (C=O) groups excluding carboxylic acids is 1. The van der Waals surface area contributed by atoms with Crippen LogP contribution >= 0.6 is 0 Å². The van der Waals surface area contributed by atoms with Crippen LogP contribution in [0.1, 0.15) is 27.2 Å². The van der Waals surface area contributed by atoms with E-state index in [-0.39, 0.29) is 11.4 Å². The van der Waals surface area contributed by atoms with Crippen molar-refractivity contribution in [3.8, 4) is 0 Å². The highest BCUT2D eigenvalue weighted by atomic mass is 16.2. The van der Waals surface area contributed by atoms with Crippen LogP contribution in [0.15, 0.2) is 0 Å². The average molecular weight is 170 g/mol. The van der Waals surface area contributed by atoms with Crippen LogP contribution in [0.4, 0.5) is 0 Å². The Balaban J connectivity index is 2.52. The van der Waals surface area contributed by atoms with E-state index in [1.807, 2.05) is 11.8 Å². The first kappa shape index (κ1) is 9.52. The van der Waals surface area contributed by atoms with Gasteiger partial charge in [0.25, 0.3) is 0 Å². The number of nitrogens with zero attached hydrogens (tertiary/aromatic N) is 1. The number of hydrogen-bond acceptors (Lipinski definition) is 2. The molecule has 0 bridgehead atoms. The third-order valence-corrected chi connectivity index (χ3v) is 2.23. The normalized spacial score (nSPS) is 22.4. The number of rotatable bonds is 1. The molecule has 0 spiro atoms. The molecule has 1 rings (SSSR count). The summed E-state index contributed by atoms with van der Waals surface area (Å²) in [7, 11) is 0. The van der Waals surface area contributed by atoms with Crippen LogP contribution in [0, 0.1) is 0 Å². The van der Waals surface area contributed by atoms with Crippen LogP contribution in [0.25, 0.3) is 0 Å². The highest BCUT2D eigenvalue weighted by Crippen LogP contribution is 2.10. The zero-order valence-electron chi connectivity index (χ0n) is 8.18. The second kappa shape index (κ2) is 3.44. The maximum absolute atomic E-state index is 11.4. The summed E-state index contributed by atoms with van der Waals surface area (Å²) in [6, 6.07) is 0. The van der Waals surface area contributed by atoms with E-state index < -0.39 is 0 Å². The quantitative estimate of drug-likeness (QED) is 0.625. The smallest absolute Gasteiger partial charge is 0.222 e. The molecule has 0 aromatic rings. The summed E-state index contributed by atoms with van der Waals surface area (Å²) in [6.45, 7) is 8.77. The van der Waals surface area contributed by atoms with Gasteiger partial charge in [0.15, 0.2) is 0 Å². The lowest BCUT2D eigenvalue weighted by atomic mass is 10.0. The molecule has 1 aliphatic rings. The van der Waals surface area contributed by atoms with Crippen molar-refractivity contribution in [3.05, 3.63) is 0 Å². The third-order valence-electron chi connectivity index (χ3n) is 2.23. The van der Waals surface area contributed by atoms with Gasteiger partial charge >= 0.3 is 0 Å². The lowest BCUT2D eigenvalue weighted by molar-refractivity contribution is -0.132. The van der Waals surface area contributed by atoms with Crippen molar-refractivity contribution in [1.29, 1.82) is 0 Å². The van der Waals surface area contributed by atoms with Crippen molar-refractivity contribution < 1.29 is 4.79 Å². The van der Waals surface area contributed by atoms with Gasteiger partial charge in [-0.15, -0.1) is 0 Å². The molecule has 0 atom stereocenters. The Labute approximate surface area is 74.1 Å². The summed E-state index contributed by atoms with van der Waals surface area (Å²) < 4.78 is 0. The number of carbonyl (C=O) groups is 1. The first-order valence-corrected chi connectivity index (χ1v) is 4.58. The summed E-state index contributed by atoms with van der Waals surface area (Å²) in [6.07, 6.45) is 0.621. The maximum Gasteiger partial charge on any atom is 0.222 e. The summed E-state index contributed by atoms with van der Waals surface area (Å²) in [5, 5.41) is 3.37. The van der Waals surface area contributed by atoms with Crippen molar-refractivity contribution >= 4 is 5.91 Å². The summed E-state index contributed by atoms with van der Waals surface area (Å²) >= 11 is 0. The number of hydrogen-bond donors (Lipinski definition) is 1. The second-order valence-corrected chi connectivity index (χ2v) is 3.98. The third kappa shape index (κ3) is 2.21. The van der Waals surface area contributed by atoms with Crippen LogP contribution in [-0.2, 0) is 4.79 Å². The molecular weight excluding hydrogens is 152 g/mol. The topological polar surface area (TPSA) is 32.3 Å². The second-order valence-electron chi connectivity index (χ2n) is 3.98. The van der Waals surface area contributed by atoms with Crippen LogP contribution in [0.2, 0.25) is 0 Å². The molecule has 0 unspecified atom stereocenters. The minimum absolute atomic E-state index is 0.0864. The fraction of sp³-hybridized carbons (Fsp3) is 0.889. The fourth-order valence-corrected chi connectivity index (χ4v) is 1.58. The molecule has 0 aromatic heterocycles. The molecule has 1 N–H and O–H groups in total. The molecule has 0 saturated carbocycles. The molecule has 0 radical (unpaired) electrons. The maximum atomic E-state index is 11.4. The predicted molar refractivity (Wildman–Crippen MR) is 49.0 cm³/mol. The number of amides is 1. The van der Waals surface area contributed by atoms with Gasteiger partial charge in [-0.25, -0.2) is 0 Å². The standard InChI is InChI=1S/C9H18N2O/c1-4-8(12)11-6-5-10-9(2,3)7-11/h10H,4-7H2,1-3H3. The van der Waals surface area contributed by atoms with Gasteiger partial charge in [0, 0.05) is 31.6 Å². The first-order chi connectivity index (χ1) is 5.55. The molecule has 3 heteroatoms. The Bertz CT molecular complexity index is 177. The Morgan fingerprint density at radius 3 is 2.75 bits per heavy atom. The minimum atomic E-state index is 0.0864. The van der Waals surface area contributed by atoms with Gasteiger partial charge in [-0.1, -0.05) is 6.92 Å².